The SMILES string of the molecule is CCC(C(=O)O)N(C)C(=O)c1ccc(I)cc1. The minimum atomic E-state index is -0.978. The zero-order chi connectivity index (χ0) is 13.0. The minimum Gasteiger partial charge on any atom is -0.480 e. The highest BCUT2D eigenvalue weighted by molar-refractivity contribution is 14.1. The molecule has 0 saturated carbocycles. The number of aliphatic carboxylic acids is 1. The summed E-state index contributed by atoms with van der Waals surface area (Å²) in [5.41, 5.74) is 0.507. The van der Waals surface area contributed by atoms with Crippen molar-refractivity contribution >= 4 is 34.5 Å². The first-order valence-electron chi connectivity index (χ1n) is 5.23. The molecule has 0 bridgehead atoms. The third-order valence-corrected chi connectivity index (χ3v) is 3.27. The highest BCUT2D eigenvalue weighted by Gasteiger charge is 2.25. The number of halogens is 1. The van der Waals surface area contributed by atoms with Crippen molar-refractivity contribution in [2.45, 2.75) is 19.4 Å². The summed E-state index contributed by atoms with van der Waals surface area (Å²) >= 11 is 2.15. The quantitative estimate of drug-likeness (QED) is 0.850. The van der Waals surface area contributed by atoms with Crippen molar-refractivity contribution < 1.29 is 14.7 Å². The molecule has 17 heavy (non-hydrogen) atoms. The second kappa shape index (κ2) is 6.00. The molecule has 5 heteroatoms. The van der Waals surface area contributed by atoms with E-state index < -0.39 is 12.0 Å². The van der Waals surface area contributed by atoms with E-state index in [0.29, 0.717) is 12.0 Å². The van der Waals surface area contributed by atoms with Gasteiger partial charge in [0.1, 0.15) is 6.04 Å². The van der Waals surface area contributed by atoms with Crippen molar-refractivity contribution in [3.8, 4) is 0 Å². The van der Waals surface area contributed by atoms with Gasteiger partial charge in [-0.3, -0.25) is 4.79 Å². The predicted octanol–water partition coefficient (Wildman–Crippen LogP) is 2.23. The average Bonchev–Trinajstić information content (AvgIpc) is 2.29. The highest BCUT2D eigenvalue weighted by Crippen LogP contribution is 2.11. The second-order valence-electron chi connectivity index (χ2n) is 3.69. The van der Waals surface area contributed by atoms with Crippen LogP contribution < -0.4 is 0 Å². The lowest BCUT2D eigenvalue weighted by molar-refractivity contribution is -0.142. The van der Waals surface area contributed by atoms with Gasteiger partial charge in [0.25, 0.3) is 5.91 Å². The second-order valence-corrected chi connectivity index (χ2v) is 4.93. The number of carboxylic acids is 1. The van der Waals surface area contributed by atoms with Crippen molar-refractivity contribution in [3.05, 3.63) is 33.4 Å². The number of likely N-dealkylation sites (N-methyl/N-ethyl adjacent to an activating group) is 1. The maximum atomic E-state index is 12.0. The standard InChI is InChI=1S/C12H14INO3/c1-3-10(12(16)17)14(2)11(15)8-4-6-9(13)7-5-8/h4-7,10H,3H2,1-2H3,(H,16,17). The maximum absolute atomic E-state index is 12.0. The zero-order valence-corrected chi connectivity index (χ0v) is 11.8. The van der Waals surface area contributed by atoms with Gasteiger partial charge < -0.3 is 10.0 Å². The lowest BCUT2D eigenvalue weighted by Gasteiger charge is -2.23. The summed E-state index contributed by atoms with van der Waals surface area (Å²) in [5, 5.41) is 8.99. The van der Waals surface area contributed by atoms with Gasteiger partial charge >= 0.3 is 5.97 Å². The van der Waals surface area contributed by atoms with Crippen LogP contribution in [0.2, 0.25) is 0 Å². The molecule has 1 amide bonds. The molecule has 0 aromatic heterocycles. The van der Waals surface area contributed by atoms with E-state index in [2.05, 4.69) is 22.6 Å². The topological polar surface area (TPSA) is 57.6 Å². The molecule has 0 fully saturated rings. The zero-order valence-electron chi connectivity index (χ0n) is 9.68. The van der Waals surface area contributed by atoms with Crippen LogP contribution in [-0.2, 0) is 4.79 Å². The molecule has 1 N–H and O–H groups in total. The molecule has 0 radical (unpaired) electrons. The molecule has 1 atom stereocenters. The Balaban J connectivity index is 2.89. The van der Waals surface area contributed by atoms with Crippen LogP contribution in [0, 0.1) is 3.57 Å². The summed E-state index contributed by atoms with van der Waals surface area (Å²) in [5.74, 6) is -1.25. The molecule has 0 aliphatic rings. The van der Waals surface area contributed by atoms with Crippen LogP contribution in [0.15, 0.2) is 24.3 Å². The normalized spacial score (nSPS) is 11.9. The van der Waals surface area contributed by atoms with Crippen molar-refractivity contribution in [1.82, 2.24) is 4.90 Å². The molecular weight excluding hydrogens is 333 g/mol. The molecule has 0 saturated heterocycles. The van der Waals surface area contributed by atoms with Gasteiger partial charge in [-0.1, -0.05) is 6.92 Å². The molecule has 1 unspecified atom stereocenters. The Bertz CT molecular complexity index is 416. The summed E-state index contributed by atoms with van der Waals surface area (Å²) in [7, 11) is 1.52. The smallest absolute Gasteiger partial charge is 0.326 e. The summed E-state index contributed by atoms with van der Waals surface area (Å²) < 4.78 is 1.03. The lowest BCUT2D eigenvalue weighted by atomic mass is 10.1. The Morgan fingerprint density at radius 2 is 1.88 bits per heavy atom. The van der Waals surface area contributed by atoms with Crippen LogP contribution >= 0.6 is 22.6 Å². The van der Waals surface area contributed by atoms with E-state index in [1.807, 2.05) is 12.1 Å². The number of rotatable bonds is 4. The van der Waals surface area contributed by atoms with Crippen molar-refractivity contribution in [1.29, 1.82) is 0 Å². The Labute approximate surface area is 114 Å². The molecule has 1 rings (SSSR count). The molecule has 1 aromatic carbocycles. The van der Waals surface area contributed by atoms with Crippen molar-refractivity contribution in [2.24, 2.45) is 0 Å². The number of hydrogen-bond donors (Lipinski definition) is 1. The van der Waals surface area contributed by atoms with E-state index in [-0.39, 0.29) is 5.91 Å². The third kappa shape index (κ3) is 3.42. The third-order valence-electron chi connectivity index (χ3n) is 2.55. The Morgan fingerprint density at radius 3 is 2.29 bits per heavy atom. The van der Waals surface area contributed by atoms with Gasteiger partial charge in [-0.25, -0.2) is 4.79 Å². The number of amides is 1. The molecular formula is C12H14INO3. The molecule has 0 heterocycles. The molecule has 4 nitrogen and oxygen atoms in total. The van der Waals surface area contributed by atoms with Gasteiger partial charge in [-0.05, 0) is 53.3 Å². The Kier molecular flexibility index (Phi) is 4.92. The first-order valence-corrected chi connectivity index (χ1v) is 6.30. The fourth-order valence-corrected chi connectivity index (χ4v) is 1.91. The number of hydrogen-bond acceptors (Lipinski definition) is 2. The molecule has 92 valence electrons. The van der Waals surface area contributed by atoms with E-state index in [0.717, 1.165) is 3.57 Å². The van der Waals surface area contributed by atoms with Gasteiger partial charge in [-0.15, -0.1) is 0 Å². The van der Waals surface area contributed by atoms with Crippen LogP contribution in [0.1, 0.15) is 23.7 Å². The van der Waals surface area contributed by atoms with Crippen LogP contribution in [0.25, 0.3) is 0 Å². The van der Waals surface area contributed by atoms with E-state index in [4.69, 9.17) is 5.11 Å². The van der Waals surface area contributed by atoms with Gasteiger partial charge in [-0.2, -0.15) is 0 Å². The lowest BCUT2D eigenvalue weighted by Crippen LogP contribution is -2.41. The van der Waals surface area contributed by atoms with Gasteiger partial charge in [0.05, 0.1) is 0 Å². The fraction of sp³-hybridized carbons (Fsp3) is 0.333. The summed E-state index contributed by atoms with van der Waals surface area (Å²) in [4.78, 5) is 24.3. The van der Waals surface area contributed by atoms with Gasteiger partial charge in [0, 0.05) is 16.2 Å². The van der Waals surface area contributed by atoms with Gasteiger partial charge in [0.2, 0.25) is 0 Å². The summed E-state index contributed by atoms with van der Waals surface area (Å²) in [6, 6.07) is 6.28. The van der Waals surface area contributed by atoms with Crippen LogP contribution in [0.3, 0.4) is 0 Å². The monoisotopic (exact) mass is 347 g/mol. The molecule has 1 aromatic rings. The largest absolute Gasteiger partial charge is 0.480 e. The maximum Gasteiger partial charge on any atom is 0.326 e. The summed E-state index contributed by atoms with van der Waals surface area (Å²) in [6.45, 7) is 1.75. The van der Waals surface area contributed by atoms with E-state index >= 15 is 0 Å². The first-order chi connectivity index (χ1) is 7.97. The van der Waals surface area contributed by atoms with Crippen LogP contribution in [-0.4, -0.2) is 35.0 Å². The number of carboxylic acid groups (broad SMARTS) is 1. The Morgan fingerprint density at radius 1 is 1.35 bits per heavy atom. The average molecular weight is 347 g/mol. The van der Waals surface area contributed by atoms with E-state index in [1.54, 1.807) is 19.1 Å². The molecule has 0 aliphatic carbocycles. The number of nitrogens with zero attached hydrogens (tertiary/aromatic N) is 1. The Hall–Kier alpha value is -1.11. The van der Waals surface area contributed by atoms with Crippen LogP contribution in [0.4, 0.5) is 0 Å². The number of benzene rings is 1. The van der Waals surface area contributed by atoms with Gasteiger partial charge in [0.15, 0.2) is 0 Å². The molecule has 0 aliphatic heterocycles. The number of carbonyl (C=O) groups excluding carboxylic acids is 1. The highest BCUT2D eigenvalue weighted by atomic mass is 127. The van der Waals surface area contributed by atoms with Crippen molar-refractivity contribution in [3.63, 3.8) is 0 Å². The molecule has 0 spiro atoms. The fourth-order valence-electron chi connectivity index (χ4n) is 1.55. The first kappa shape index (κ1) is 14.0. The van der Waals surface area contributed by atoms with Crippen molar-refractivity contribution in [2.75, 3.05) is 7.05 Å². The minimum absolute atomic E-state index is 0.268. The predicted molar refractivity (Wildman–Crippen MR) is 73.0 cm³/mol. The van der Waals surface area contributed by atoms with E-state index in [1.165, 1.54) is 11.9 Å². The summed E-state index contributed by atoms with van der Waals surface area (Å²) in [6.07, 6.45) is 0.391. The van der Waals surface area contributed by atoms with E-state index in [9.17, 15) is 9.59 Å². The van der Waals surface area contributed by atoms with Crippen LogP contribution in [0.5, 0.6) is 0 Å². The number of carbonyl (C=O) groups is 2.